The average Bonchev–Trinajstić information content (AvgIpc) is 3.06. The number of thiophene rings is 1. The van der Waals surface area contributed by atoms with Crippen LogP contribution in [0.15, 0.2) is 60.7 Å². The fourth-order valence-electron chi connectivity index (χ4n) is 4.08. The fraction of sp³-hybridized carbons (Fsp3) is 0.222. The highest BCUT2D eigenvalue weighted by atomic mass is 35.5. The Kier molecular flexibility index (Phi) is 6.73. The number of halogens is 2. The van der Waals surface area contributed by atoms with Gasteiger partial charge >= 0.3 is 0 Å². The number of hydrogen-bond acceptors (Lipinski definition) is 3. The van der Waals surface area contributed by atoms with Gasteiger partial charge < -0.3 is 5.11 Å². The number of aliphatic hydroxyl groups is 1. The second-order valence-corrected chi connectivity index (χ2v) is 10.4. The van der Waals surface area contributed by atoms with E-state index in [4.69, 9.17) is 23.2 Å². The first-order valence-electron chi connectivity index (χ1n) is 10.6. The van der Waals surface area contributed by atoms with E-state index in [9.17, 15) is 5.11 Å². The predicted octanol–water partition coefficient (Wildman–Crippen LogP) is 8.54. The van der Waals surface area contributed by atoms with Crippen molar-refractivity contribution in [2.75, 3.05) is 0 Å². The third-order valence-corrected chi connectivity index (χ3v) is 7.55. The van der Waals surface area contributed by atoms with Gasteiger partial charge in [0.25, 0.3) is 0 Å². The first-order valence-corrected chi connectivity index (χ1v) is 12.2. The van der Waals surface area contributed by atoms with Crippen molar-refractivity contribution in [1.29, 1.82) is 0 Å². The van der Waals surface area contributed by atoms with E-state index in [1.807, 2.05) is 50.3 Å². The van der Waals surface area contributed by atoms with Crippen molar-refractivity contribution in [3.63, 3.8) is 0 Å². The van der Waals surface area contributed by atoms with Crippen LogP contribution in [-0.2, 0) is 5.60 Å². The van der Waals surface area contributed by atoms with Gasteiger partial charge in [-0.15, -0.1) is 11.3 Å². The quantitative estimate of drug-likeness (QED) is 0.299. The van der Waals surface area contributed by atoms with Crippen molar-refractivity contribution in [2.45, 2.75) is 38.7 Å². The molecule has 0 bridgehead atoms. The minimum Gasteiger partial charge on any atom is -0.386 e. The molecule has 0 saturated heterocycles. The first kappa shape index (κ1) is 23.0. The largest absolute Gasteiger partial charge is 0.386 e. The van der Waals surface area contributed by atoms with Crippen LogP contribution in [0.1, 0.15) is 61.1 Å². The average molecular weight is 482 g/mol. The molecule has 0 aliphatic carbocycles. The molecule has 1 unspecified atom stereocenters. The van der Waals surface area contributed by atoms with Crippen molar-refractivity contribution >= 4 is 56.9 Å². The lowest BCUT2D eigenvalue weighted by Gasteiger charge is -2.26. The third kappa shape index (κ3) is 4.77. The molecule has 5 heteroatoms. The maximum atomic E-state index is 10.7. The van der Waals surface area contributed by atoms with E-state index in [1.165, 1.54) is 22.5 Å². The Hall–Kier alpha value is -2.17. The lowest BCUT2D eigenvalue weighted by molar-refractivity contribution is 0.0773. The van der Waals surface area contributed by atoms with Gasteiger partial charge in [-0.1, -0.05) is 84.7 Å². The number of rotatable bonds is 6. The number of fused-ring (bicyclic) bond motifs is 1. The zero-order chi connectivity index (χ0) is 22.9. The van der Waals surface area contributed by atoms with E-state index in [1.54, 1.807) is 0 Å². The lowest BCUT2D eigenvalue weighted by atomic mass is 9.81. The van der Waals surface area contributed by atoms with Crippen LogP contribution in [0.4, 0.5) is 0 Å². The van der Waals surface area contributed by atoms with E-state index in [0.717, 1.165) is 33.5 Å². The van der Waals surface area contributed by atoms with E-state index in [-0.39, 0.29) is 5.92 Å². The predicted molar refractivity (Wildman–Crippen MR) is 139 cm³/mol. The Balaban J connectivity index is 1.66. The smallest absolute Gasteiger partial charge is 0.114 e. The normalized spacial score (nSPS) is 13.2. The Bertz CT molecular complexity index is 1290. The summed E-state index contributed by atoms with van der Waals surface area (Å²) in [5, 5.41) is 11.2. The van der Waals surface area contributed by atoms with Gasteiger partial charge in [-0.2, -0.15) is 0 Å². The Morgan fingerprint density at radius 3 is 2.56 bits per heavy atom. The van der Waals surface area contributed by atoms with Crippen LogP contribution in [0, 0.1) is 0 Å². The molecule has 4 aromatic rings. The monoisotopic (exact) mass is 481 g/mol. The van der Waals surface area contributed by atoms with Gasteiger partial charge in [-0.05, 0) is 60.7 Å². The molecule has 0 radical (unpaired) electrons. The third-order valence-electron chi connectivity index (χ3n) is 5.62. The minimum atomic E-state index is -0.891. The molecule has 2 heterocycles. The summed E-state index contributed by atoms with van der Waals surface area (Å²) >= 11 is 13.9. The molecule has 0 amide bonds. The molecule has 0 spiro atoms. The number of pyridine rings is 1. The molecule has 2 nitrogen and oxygen atoms in total. The standard InChI is InChI=1S/C27H25Cl2NOS/c1-4-20(21-10-5-6-11-22(21)27(2,3)31)18-9-7-8-17(16-18)12-13-19-14-15-23-25(30-19)24(28)26(29)32-23/h5-16,20,31H,4H2,1-3H3. The molecule has 1 atom stereocenters. The Labute approximate surface area is 203 Å². The zero-order valence-corrected chi connectivity index (χ0v) is 20.6. The summed E-state index contributed by atoms with van der Waals surface area (Å²) in [6.07, 6.45) is 5.00. The minimum absolute atomic E-state index is 0.201. The molecule has 0 saturated carbocycles. The molecular weight excluding hydrogens is 457 g/mol. The van der Waals surface area contributed by atoms with Crippen molar-refractivity contribution < 1.29 is 5.11 Å². The first-order chi connectivity index (χ1) is 15.3. The van der Waals surface area contributed by atoms with Crippen LogP contribution >= 0.6 is 34.5 Å². The second kappa shape index (κ2) is 9.36. The highest BCUT2D eigenvalue weighted by Crippen LogP contribution is 2.38. The summed E-state index contributed by atoms with van der Waals surface area (Å²) in [5.74, 6) is 0.201. The van der Waals surface area contributed by atoms with Crippen LogP contribution in [0.25, 0.3) is 22.4 Å². The maximum absolute atomic E-state index is 10.7. The molecule has 0 fully saturated rings. The summed E-state index contributed by atoms with van der Waals surface area (Å²) in [6, 6.07) is 20.7. The van der Waals surface area contributed by atoms with E-state index in [0.29, 0.717) is 9.36 Å². The lowest BCUT2D eigenvalue weighted by Crippen LogP contribution is -2.19. The number of nitrogens with zero attached hydrogens (tertiary/aromatic N) is 1. The van der Waals surface area contributed by atoms with Crippen molar-refractivity contribution in [1.82, 2.24) is 4.98 Å². The fourth-order valence-corrected chi connectivity index (χ4v) is 5.50. The molecule has 32 heavy (non-hydrogen) atoms. The topological polar surface area (TPSA) is 33.1 Å². The highest BCUT2D eigenvalue weighted by Gasteiger charge is 2.24. The summed E-state index contributed by atoms with van der Waals surface area (Å²) in [4.78, 5) is 4.65. The van der Waals surface area contributed by atoms with Gasteiger partial charge in [-0.3, -0.25) is 0 Å². The van der Waals surface area contributed by atoms with E-state index < -0.39 is 5.60 Å². The van der Waals surface area contributed by atoms with Crippen molar-refractivity contribution in [2.24, 2.45) is 0 Å². The molecule has 4 rings (SSSR count). The maximum Gasteiger partial charge on any atom is 0.114 e. The number of aromatic nitrogens is 1. The Morgan fingerprint density at radius 1 is 1.03 bits per heavy atom. The van der Waals surface area contributed by atoms with Gasteiger partial charge in [0.05, 0.1) is 21.0 Å². The zero-order valence-electron chi connectivity index (χ0n) is 18.3. The van der Waals surface area contributed by atoms with Crippen LogP contribution < -0.4 is 0 Å². The molecule has 1 N–H and O–H groups in total. The molecular formula is C27H25Cl2NOS. The number of benzene rings is 2. The van der Waals surface area contributed by atoms with Gasteiger partial charge in [0, 0.05) is 5.92 Å². The van der Waals surface area contributed by atoms with Crippen LogP contribution in [0.5, 0.6) is 0 Å². The Morgan fingerprint density at radius 2 is 1.81 bits per heavy atom. The van der Waals surface area contributed by atoms with E-state index >= 15 is 0 Å². The SMILES string of the molecule is CCC(c1cccc(C=Cc2ccc3sc(Cl)c(Cl)c3n2)c1)c1ccccc1C(C)(C)O. The summed E-state index contributed by atoms with van der Waals surface area (Å²) in [6.45, 7) is 5.87. The summed E-state index contributed by atoms with van der Waals surface area (Å²) in [7, 11) is 0. The summed E-state index contributed by atoms with van der Waals surface area (Å²) in [5.41, 5.74) is 5.14. The molecule has 0 aliphatic heterocycles. The summed E-state index contributed by atoms with van der Waals surface area (Å²) < 4.78 is 1.55. The second-order valence-electron chi connectivity index (χ2n) is 8.38. The molecule has 0 aliphatic rings. The number of hydrogen-bond donors (Lipinski definition) is 1. The van der Waals surface area contributed by atoms with Crippen LogP contribution in [0.3, 0.4) is 0 Å². The van der Waals surface area contributed by atoms with Gasteiger partial charge in [0.1, 0.15) is 9.85 Å². The van der Waals surface area contributed by atoms with Gasteiger partial charge in [0.2, 0.25) is 0 Å². The van der Waals surface area contributed by atoms with Crippen LogP contribution in [-0.4, -0.2) is 10.1 Å². The highest BCUT2D eigenvalue weighted by molar-refractivity contribution is 7.23. The molecule has 2 aromatic heterocycles. The molecule has 2 aromatic carbocycles. The van der Waals surface area contributed by atoms with E-state index in [2.05, 4.69) is 48.3 Å². The van der Waals surface area contributed by atoms with Gasteiger partial charge in [-0.25, -0.2) is 4.98 Å². The van der Waals surface area contributed by atoms with Crippen molar-refractivity contribution in [3.05, 3.63) is 98.0 Å². The molecule has 164 valence electrons. The van der Waals surface area contributed by atoms with Crippen molar-refractivity contribution in [3.8, 4) is 0 Å². The van der Waals surface area contributed by atoms with Gasteiger partial charge in [0.15, 0.2) is 0 Å². The van der Waals surface area contributed by atoms with Crippen LogP contribution in [0.2, 0.25) is 9.36 Å².